The number of benzene rings is 3. The van der Waals surface area contributed by atoms with E-state index in [2.05, 4.69) is 19.8 Å². The molecule has 12 heteroatoms. The highest BCUT2D eigenvalue weighted by Gasteiger charge is 2.21. The normalized spacial score (nSPS) is 14.2. The molecular weight excluding hydrogens is 577 g/mol. The van der Waals surface area contributed by atoms with Gasteiger partial charge in [-0.05, 0) is 43.3 Å². The van der Waals surface area contributed by atoms with E-state index in [1.54, 1.807) is 59.9 Å². The summed E-state index contributed by atoms with van der Waals surface area (Å²) in [6.45, 7) is 6.43. The molecule has 39 heavy (non-hydrogen) atoms. The molecule has 206 valence electrons. The van der Waals surface area contributed by atoms with Crippen molar-refractivity contribution in [3.8, 4) is 0 Å². The lowest BCUT2D eigenvalue weighted by atomic mass is 10.1. The van der Waals surface area contributed by atoms with Gasteiger partial charge in [0.15, 0.2) is 5.13 Å². The number of hydrogen-bond acceptors (Lipinski definition) is 7. The fraction of sp³-hybridized carbons (Fsp3) is 0.259. The molecule has 1 aliphatic rings. The maximum Gasteiger partial charge on any atom is 0.261 e. The van der Waals surface area contributed by atoms with E-state index in [1.165, 1.54) is 0 Å². The first-order valence-electron chi connectivity index (χ1n) is 12.3. The Labute approximate surface area is 243 Å². The number of rotatable bonds is 8. The lowest BCUT2D eigenvalue weighted by Gasteiger charge is -2.34. The van der Waals surface area contributed by atoms with Crippen molar-refractivity contribution in [3.05, 3.63) is 82.9 Å². The van der Waals surface area contributed by atoms with E-state index >= 15 is 0 Å². The maximum absolute atomic E-state index is 12.9. The molecule has 5 rings (SSSR count). The number of amides is 1. The van der Waals surface area contributed by atoms with Gasteiger partial charge in [0.05, 0.1) is 25.9 Å². The minimum absolute atomic E-state index is 0. The average Bonchev–Trinajstić information content (AvgIpc) is 3.35. The van der Waals surface area contributed by atoms with Gasteiger partial charge in [-0.25, -0.2) is 13.4 Å². The van der Waals surface area contributed by atoms with Gasteiger partial charge in [-0.2, -0.15) is 0 Å². The summed E-state index contributed by atoms with van der Waals surface area (Å²) in [5.41, 5.74) is 2.34. The van der Waals surface area contributed by atoms with Crippen LogP contribution in [0.4, 0.5) is 10.8 Å². The lowest BCUT2D eigenvalue weighted by Crippen LogP contribution is -2.48. The first-order valence-corrected chi connectivity index (χ1v) is 15.0. The summed E-state index contributed by atoms with van der Waals surface area (Å²) in [5, 5.41) is 4.58. The number of aromatic nitrogens is 1. The van der Waals surface area contributed by atoms with Gasteiger partial charge in [0, 0.05) is 39.3 Å². The number of nitrogens with zero attached hydrogens (tertiary/aromatic N) is 3. The number of anilines is 2. The van der Waals surface area contributed by atoms with Crippen molar-refractivity contribution >= 4 is 72.3 Å². The molecule has 0 unspecified atom stereocenters. The van der Waals surface area contributed by atoms with Crippen molar-refractivity contribution in [1.82, 2.24) is 15.2 Å². The van der Waals surface area contributed by atoms with Gasteiger partial charge in [0.1, 0.15) is 5.52 Å². The molecule has 1 fully saturated rings. The molecule has 1 aromatic heterocycles. The molecule has 0 atom stereocenters. The maximum atomic E-state index is 12.9. The second kappa shape index (κ2) is 12.5. The Morgan fingerprint density at radius 1 is 1.00 bits per heavy atom. The van der Waals surface area contributed by atoms with Crippen molar-refractivity contribution in [3.63, 3.8) is 0 Å². The summed E-state index contributed by atoms with van der Waals surface area (Å²) in [7, 11) is -3.82. The molecule has 1 amide bonds. The van der Waals surface area contributed by atoms with Gasteiger partial charge in [-0.15, -0.1) is 12.4 Å². The van der Waals surface area contributed by atoms with E-state index in [0.717, 1.165) is 47.1 Å². The summed E-state index contributed by atoms with van der Waals surface area (Å²) >= 11 is 7.93. The van der Waals surface area contributed by atoms with Crippen LogP contribution in [-0.4, -0.2) is 63.5 Å². The Hall–Kier alpha value is -2.89. The molecule has 0 spiro atoms. The van der Waals surface area contributed by atoms with Crippen LogP contribution in [0.2, 0.25) is 5.02 Å². The number of carbonyl (C=O) groups excluding carboxylic acids is 1. The number of nitrogens with one attached hydrogen (secondary N) is 2. The van der Waals surface area contributed by atoms with Crippen LogP contribution >= 0.6 is 35.3 Å². The van der Waals surface area contributed by atoms with E-state index < -0.39 is 10.0 Å². The van der Waals surface area contributed by atoms with E-state index in [1.807, 2.05) is 25.1 Å². The molecule has 2 N–H and O–H groups in total. The van der Waals surface area contributed by atoms with Gasteiger partial charge in [0.2, 0.25) is 0 Å². The number of fused-ring (bicyclic) bond motifs is 1. The fourth-order valence-corrected chi connectivity index (χ4v) is 6.71. The third-order valence-electron chi connectivity index (χ3n) is 6.46. The topological polar surface area (TPSA) is 94.6 Å². The molecule has 1 aliphatic heterocycles. The highest BCUT2D eigenvalue weighted by atomic mass is 35.5. The third kappa shape index (κ3) is 6.82. The zero-order valence-corrected chi connectivity index (χ0v) is 24.5. The Bertz CT molecular complexity index is 1550. The Morgan fingerprint density at radius 2 is 1.72 bits per heavy atom. The molecule has 3 aromatic carbocycles. The molecule has 2 heterocycles. The van der Waals surface area contributed by atoms with Gasteiger partial charge in [-0.3, -0.25) is 14.4 Å². The minimum atomic E-state index is -3.82. The molecular formula is C27H29Cl2N5O3S2. The summed E-state index contributed by atoms with van der Waals surface area (Å²) in [4.78, 5) is 22.4. The van der Waals surface area contributed by atoms with Crippen molar-refractivity contribution < 1.29 is 13.2 Å². The highest BCUT2D eigenvalue weighted by molar-refractivity contribution is 7.92. The Morgan fingerprint density at radius 3 is 2.44 bits per heavy atom. The fourth-order valence-electron chi connectivity index (χ4n) is 4.32. The van der Waals surface area contributed by atoms with Crippen molar-refractivity contribution in [1.29, 1.82) is 0 Å². The first-order chi connectivity index (χ1) is 18.3. The van der Waals surface area contributed by atoms with Crippen LogP contribution in [-0.2, 0) is 10.0 Å². The van der Waals surface area contributed by atoms with Crippen LogP contribution in [0.15, 0.2) is 71.6 Å². The quantitative estimate of drug-likeness (QED) is 0.292. The summed E-state index contributed by atoms with van der Waals surface area (Å²) < 4.78 is 29.3. The molecule has 8 nitrogen and oxygen atoms in total. The zero-order valence-electron chi connectivity index (χ0n) is 21.3. The molecule has 1 saturated heterocycles. The van der Waals surface area contributed by atoms with Crippen molar-refractivity contribution in [2.75, 3.05) is 48.9 Å². The predicted octanol–water partition coefficient (Wildman–Crippen LogP) is 5.03. The van der Waals surface area contributed by atoms with Crippen LogP contribution in [0.3, 0.4) is 0 Å². The third-order valence-corrected chi connectivity index (χ3v) is 9.23. The van der Waals surface area contributed by atoms with Gasteiger partial charge in [-0.1, -0.05) is 58.8 Å². The van der Waals surface area contributed by atoms with Gasteiger partial charge in [0.25, 0.3) is 15.9 Å². The van der Waals surface area contributed by atoms with Crippen LogP contribution in [0.25, 0.3) is 10.2 Å². The number of piperazine rings is 1. The standard InChI is InChI=1S/C27H28ClN5O3S2.ClH/c1-19-9-11-20(12-10-19)38(35,36)31-23-7-3-2-5-21(23)26(34)29-13-14-32-15-17-33(18-16-32)27-30-25-22(28)6-4-8-24(25)37-27;/h2-12,31H,13-18H2,1H3,(H,29,34);1H. The van der Waals surface area contributed by atoms with E-state index in [-0.39, 0.29) is 34.5 Å². The number of thiazole rings is 1. The van der Waals surface area contributed by atoms with E-state index in [0.29, 0.717) is 18.1 Å². The van der Waals surface area contributed by atoms with E-state index in [4.69, 9.17) is 16.6 Å². The molecule has 0 aliphatic carbocycles. The largest absolute Gasteiger partial charge is 0.351 e. The number of halogens is 2. The first kappa shape index (κ1) is 29.1. The summed E-state index contributed by atoms with van der Waals surface area (Å²) in [6, 6.07) is 19.0. The summed E-state index contributed by atoms with van der Waals surface area (Å²) in [6.07, 6.45) is 0. The van der Waals surface area contributed by atoms with Crippen LogP contribution in [0.5, 0.6) is 0 Å². The molecule has 0 saturated carbocycles. The number of para-hydroxylation sites is 2. The number of carbonyl (C=O) groups is 1. The van der Waals surface area contributed by atoms with E-state index in [9.17, 15) is 13.2 Å². The zero-order chi connectivity index (χ0) is 26.7. The van der Waals surface area contributed by atoms with Gasteiger partial charge < -0.3 is 10.2 Å². The van der Waals surface area contributed by atoms with Crippen molar-refractivity contribution in [2.45, 2.75) is 11.8 Å². The van der Waals surface area contributed by atoms with Crippen LogP contribution < -0.4 is 14.9 Å². The molecule has 0 radical (unpaired) electrons. The van der Waals surface area contributed by atoms with Crippen LogP contribution in [0.1, 0.15) is 15.9 Å². The van der Waals surface area contributed by atoms with Gasteiger partial charge >= 0.3 is 0 Å². The number of sulfonamides is 1. The average molecular weight is 607 g/mol. The van der Waals surface area contributed by atoms with Crippen LogP contribution in [0, 0.1) is 6.92 Å². The Balaban J connectivity index is 0.00000353. The smallest absolute Gasteiger partial charge is 0.261 e. The summed E-state index contributed by atoms with van der Waals surface area (Å²) in [5.74, 6) is -0.322. The number of aryl methyl sites for hydroxylation is 1. The predicted molar refractivity (Wildman–Crippen MR) is 161 cm³/mol. The molecule has 0 bridgehead atoms. The number of hydrogen-bond donors (Lipinski definition) is 2. The highest BCUT2D eigenvalue weighted by Crippen LogP contribution is 2.33. The second-order valence-electron chi connectivity index (χ2n) is 9.13. The lowest BCUT2D eigenvalue weighted by molar-refractivity contribution is 0.0948. The molecule has 4 aromatic rings. The van der Waals surface area contributed by atoms with Crippen molar-refractivity contribution in [2.24, 2.45) is 0 Å². The minimum Gasteiger partial charge on any atom is -0.351 e. The Kier molecular flexibility index (Phi) is 9.35. The second-order valence-corrected chi connectivity index (χ2v) is 12.2. The monoisotopic (exact) mass is 605 g/mol. The SMILES string of the molecule is Cc1ccc(S(=O)(=O)Nc2ccccc2C(=O)NCCN2CCN(c3nc4c(Cl)cccc4s3)CC2)cc1.Cl.